The van der Waals surface area contributed by atoms with Gasteiger partial charge in [-0.25, -0.2) is 9.78 Å². The molecule has 2 aromatic rings. The van der Waals surface area contributed by atoms with Gasteiger partial charge in [-0.05, 0) is 23.9 Å². The number of nitro groups is 1. The average molecular weight is 292 g/mol. The Hall–Kier alpha value is -2.48. The van der Waals surface area contributed by atoms with Gasteiger partial charge in [0.15, 0.2) is 5.12 Å². The van der Waals surface area contributed by atoms with Gasteiger partial charge >= 0.3 is 5.63 Å². The summed E-state index contributed by atoms with van der Waals surface area (Å²) in [6.45, 7) is 1.35. The zero-order chi connectivity index (χ0) is 14.7. The Bertz CT molecular complexity index is 723. The van der Waals surface area contributed by atoms with Gasteiger partial charge in [-0.15, -0.1) is 0 Å². The van der Waals surface area contributed by atoms with E-state index in [1.54, 1.807) is 0 Å². The molecule has 0 unspecified atom stereocenters. The largest absolute Gasteiger partial charge is 0.404 e. The second-order valence-corrected chi connectivity index (χ2v) is 4.92. The lowest BCUT2D eigenvalue weighted by molar-refractivity contribution is -0.384. The average Bonchev–Trinajstić information content (AvgIpc) is 2.37. The molecular formula is C12H8N2O5S. The van der Waals surface area contributed by atoms with E-state index in [0.29, 0.717) is 5.56 Å². The fourth-order valence-electron chi connectivity index (χ4n) is 1.43. The van der Waals surface area contributed by atoms with E-state index in [-0.39, 0.29) is 21.7 Å². The number of carbonyl (C=O) groups is 1. The van der Waals surface area contributed by atoms with Crippen molar-refractivity contribution in [2.24, 2.45) is 0 Å². The van der Waals surface area contributed by atoms with Gasteiger partial charge in [-0.3, -0.25) is 14.9 Å². The molecule has 0 aliphatic carbocycles. The SMILES string of the molecule is CC(=O)Sc1cc(=O)oc(-c2ccc([N+](=O)[O-])cc2)n1. The third-order valence-electron chi connectivity index (χ3n) is 2.22. The molecule has 0 fully saturated rings. The molecule has 1 aromatic heterocycles. The van der Waals surface area contributed by atoms with E-state index in [9.17, 15) is 19.7 Å². The third-order valence-corrected chi connectivity index (χ3v) is 2.93. The Morgan fingerprint density at radius 1 is 1.35 bits per heavy atom. The van der Waals surface area contributed by atoms with Crippen molar-refractivity contribution in [3.05, 3.63) is 50.9 Å². The van der Waals surface area contributed by atoms with E-state index < -0.39 is 10.5 Å². The number of benzene rings is 1. The number of non-ortho nitro benzene ring substituents is 1. The van der Waals surface area contributed by atoms with Crippen LogP contribution in [-0.4, -0.2) is 15.0 Å². The van der Waals surface area contributed by atoms with Gasteiger partial charge in [0.1, 0.15) is 5.03 Å². The van der Waals surface area contributed by atoms with Crippen LogP contribution in [-0.2, 0) is 4.79 Å². The van der Waals surface area contributed by atoms with E-state index in [2.05, 4.69) is 4.98 Å². The summed E-state index contributed by atoms with van der Waals surface area (Å²) in [7, 11) is 0. The molecule has 1 aromatic carbocycles. The first-order chi connectivity index (χ1) is 9.45. The normalized spacial score (nSPS) is 10.2. The highest BCUT2D eigenvalue weighted by Gasteiger charge is 2.11. The van der Waals surface area contributed by atoms with Gasteiger partial charge in [-0.1, -0.05) is 0 Å². The molecular weight excluding hydrogens is 284 g/mol. The van der Waals surface area contributed by atoms with Crippen LogP contribution in [0.4, 0.5) is 5.69 Å². The van der Waals surface area contributed by atoms with Crippen LogP contribution in [0.25, 0.3) is 11.5 Å². The molecule has 0 saturated carbocycles. The van der Waals surface area contributed by atoms with E-state index >= 15 is 0 Å². The van der Waals surface area contributed by atoms with Crippen LogP contribution in [0.5, 0.6) is 0 Å². The van der Waals surface area contributed by atoms with Gasteiger partial charge in [-0.2, -0.15) is 0 Å². The molecule has 0 spiro atoms. The number of nitrogens with zero attached hydrogens (tertiary/aromatic N) is 2. The van der Waals surface area contributed by atoms with Crippen molar-refractivity contribution < 1.29 is 14.1 Å². The molecule has 7 nitrogen and oxygen atoms in total. The second-order valence-electron chi connectivity index (χ2n) is 3.72. The predicted molar refractivity (Wildman–Crippen MR) is 71.4 cm³/mol. The molecule has 0 N–H and O–H groups in total. The first-order valence-electron chi connectivity index (χ1n) is 5.41. The molecule has 102 valence electrons. The van der Waals surface area contributed by atoms with Crippen LogP contribution in [0.15, 0.2) is 44.6 Å². The molecule has 8 heteroatoms. The minimum atomic E-state index is -0.642. The number of carbonyl (C=O) groups excluding carboxylic acids is 1. The zero-order valence-electron chi connectivity index (χ0n) is 10.2. The standard InChI is InChI=1S/C12H8N2O5S/c1-7(15)20-10-6-11(16)19-12(13-10)8-2-4-9(5-3-8)14(17)18/h2-6H,1H3. The minimum Gasteiger partial charge on any atom is -0.404 e. The van der Waals surface area contributed by atoms with Crippen molar-refractivity contribution >= 4 is 22.6 Å². The Morgan fingerprint density at radius 3 is 2.55 bits per heavy atom. The quantitative estimate of drug-likeness (QED) is 0.485. The topological polar surface area (TPSA) is 103 Å². The Kier molecular flexibility index (Phi) is 3.94. The monoisotopic (exact) mass is 292 g/mol. The first kappa shape index (κ1) is 13.9. The Morgan fingerprint density at radius 2 is 2.00 bits per heavy atom. The smallest absolute Gasteiger partial charge is 0.340 e. The Balaban J connectivity index is 2.41. The molecule has 0 radical (unpaired) electrons. The maximum absolute atomic E-state index is 11.4. The summed E-state index contributed by atoms with van der Waals surface area (Å²) in [5.74, 6) is 0.0103. The number of rotatable bonds is 3. The van der Waals surface area contributed by atoms with Crippen LogP contribution in [0.3, 0.4) is 0 Å². The van der Waals surface area contributed by atoms with Crippen molar-refractivity contribution in [2.45, 2.75) is 11.9 Å². The summed E-state index contributed by atoms with van der Waals surface area (Å²) >= 11 is 0.811. The van der Waals surface area contributed by atoms with E-state index in [0.717, 1.165) is 17.8 Å². The summed E-state index contributed by atoms with van der Waals surface area (Å²) in [5, 5.41) is 10.6. The van der Waals surface area contributed by atoms with Gasteiger partial charge in [0.25, 0.3) is 5.69 Å². The number of aromatic nitrogens is 1. The van der Waals surface area contributed by atoms with Crippen molar-refractivity contribution in [1.29, 1.82) is 0 Å². The highest BCUT2D eigenvalue weighted by atomic mass is 32.2. The molecule has 0 bridgehead atoms. The van der Waals surface area contributed by atoms with Crippen molar-refractivity contribution in [1.82, 2.24) is 4.98 Å². The summed E-state index contributed by atoms with van der Waals surface area (Å²) in [6, 6.07) is 6.52. The Labute approximate surface area is 116 Å². The molecule has 0 aliphatic rings. The van der Waals surface area contributed by atoms with Crippen LogP contribution in [0.1, 0.15) is 6.92 Å². The fourth-order valence-corrected chi connectivity index (χ4v) is 2.01. The van der Waals surface area contributed by atoms with Gasteiger partial charge in [0.05, 0.1) is 11.0 Å². The number of hydrogen-bond donors (Lipinski definition) is 0. The van der Waals surface area contributed by atoms with Crippen LogP contribution < -0.4 is 5.63 Å². The fraction of sp³-hybridized carbons (Fsp3) is 0.0833. The van der Waals surface area contributed by atoms with E-state index in [4.69, 9.17) is 4.42 Å². The zero-order valence-corrected chi connectivity index (χ0v) is 11.0. The summed E-state index contributed by atoms with van der Waals surface area (Å²) in [4.78, 5) is 36.5. The summed E-state index contributed by atoms with van der Waals surface area (Å²) in [6.07, 6.45) is 0. The highest BCUT2D eigenvalue weighted by Crippen LogP contribution is 2.22. The van der Waals surface area contributed by atoms with Gasteiger partial charge in [0.2, 0.25) is 5.89 Å². The lowest BCUT2D eigenvalue weighted by Gasteiger charge is -2.01. The minimum absolute atomic E-state index is 0.0103. The highest BCUT2D eigenvalue weighted by molar-refractivity contribution is 8.13. The maximum atomic E-state index is 11.4. The molecule has 1 heterocycles. The van der Waals surface area contributed by atoms with Gasteiger partial charge < -0.3 is 4.42 Å². The number of hydrogen-bond acceptors (Lipinski definition) is 7. The van der Waals surface area contributed by atoms with Crippen molar-refractivity contribution in [3.63, 3.8) is 0 Å². The summed E-state index contributed by atoms with van der Waals surface area (Å²) < 4.78 is 4.92. The summed E-state index contributed by atoms with van der Waals surface area (Å²) in [5.41, 5.74) is -0.304. The van der Waals surface area contributed by atoms with Crippen LogP contribution in [0, 0.1) is 10.1 Å². The molecule has 0 aliphatic heterocycles. The van der Waals surface area contributed by atoms with E-state index in [1.165, 1.54) is 31.2 Å². The van der Waals surface area contributed by atoms with Crippen molar-refractivity contribution in [3.8, 4) is 11.5 Å². The van der Waals surface area contributed by atoms with Crippen LogP contribution in [0.2, 0.25) is 0 Å². The number of nitro benzene ring substituents is 1. The molecule has 20 heavy (non-hydrogen) atoms. The van der Waals surface area contributed by atoms with Crippen molar-refractivity contribution in [2.75, 3.05) is 0 Å². The lowest BCUT2D eigenvalue weighted by atomic mass is 10.2. The van der Waals surface area contributed by atoms with E-state index in [1.807, 2.05) is 0 Å². The van der Waals surface area contributed by atoms with Crippen LogP contribution >= 0.6 is 11.8 Å². The third kappa shape index (κ3) is 3.29. The molecule has 0 saturated heterocycles. The molecule has 2 rings (SSSR count). The molecule has 0 amide bonds. The predicted octanol–water partition coefficient (Wildman–Crippen LogP) is 2.25. The molecule has 0 atom stereocenters. The first-order valence-corrected chi connectivity index (χ1v) is 6.23. The van der Waals surface area contributed by atoms with Gasteiger partial charge in [0, 0.05) is 24.6 Å². The lowest BCUT2D eigenvalue weighted by Crippen LogP contribution is -2.02. The number of thioether (sulfide) groups is 1. The second kappa shape index (κ2) is 5.66. The maximum Gasteiger partial charge on any atom is 0.340 e.